The standard InChI is InChI=1S/C22H23N3O5/c1-4-12-24-19(14-8-10-16(11-9-14)23(2)3)18(21(27)22(24)28)20(26)15-6-5-7-17(13-15)25(29)30/h5-11,13,19,26H,4,12H2,1-3H3/b20-18-. The molecule has 1 amide bonds. The van der Waals surface area contributed by atoms with Crippen molar-refractivity contribution in [2.75, 3.05) is 25.5 Å². The molecule has 1 N–H and O–H groups in total. The number of rotatable bonds is 6. The highest BCUT2D eigenvalue weighted by atomic mass is 16.6. The lowest BCUT2D eigenvalue weighted by Crippen LogP contribution is -2.30. The van der Waals surface area contributed by atoms with Crippen LogP contribution in [0.5, 0.6) is 0 Å². The van der Waals surface area contributed by atoms with E-state index < -0.39 is 28.4 Å². The summed E-state index contributed by atoms with van der Waals surface area (Å²) in [6.07, 6.45) is 0.635. The summed E-state index contributed by atoms with van der Waals surface area (Å²) in [4.78, 5) is 39.4. The fraction of sp³-hybridized carbons (Fsp3) is 0.273. The van der Waals surface area contributed by atoms with E-state index >= 15 is 0 Å². The summed E-state index contributed by atoms with van der Waals surface area (Å²) in [6, 6.07) is 12.0. The van der Waals surface area contributed by atoms with Crippen molar-refractivity contribution in [3.05, 3.63) is 75.3 Å². The number of carbonyl (C=O) groups is 2. The average Bonchev–Trinajstić information content (AvgIpc) is 2.98. The van der Waals surface area contributed by atoms with E-state index in [1.54, 1.807) is 0 Å². The van der Waals surface area contributed by atoms with Crippen molar-refractivity contribution in [1.82, 2.24) is 4.90 Å². The highest BCUT2D eigenvalue weighted by Gasteiger charge is 2.45. The van der Waals surface area contributed by atoms with Crippen molar-refractivity contribution < 1.29 is 19.6 Å². The molecule has 2 aromatic rings. The Hall–Kier alpha value is -3.68. The largest absolute Gasteiger partial charge is 0.507 e. The molecule has 1 fully saturated rings. The summed E-state index contributed by atoms with van der Waals surface area (Å²) < 4.78 is 0. The summed E-state index contributed by atoms with van der Waals surface area (Å²) in [5.74, 6) is -1.91. The number of ketones is 1. The number of hydrogen-bond acceptors (Lipinski definition) is 6. The zero-order valence-corrected chi connectivity index (χ0v) is 17.0. The second-order valence-corrected chi connectivity index (χ2v) is 7.29. The Balaban J connectivity index is 2.17. The molecule has 2 aromatic carbocycles. The molecule has 1 atom stereocenters. The van der Waals surface area contributed by atoms with Gasteiger partial charge >= 0.3 is 0 Å². The number of nitro groups is 1. The number of aliphatic hydroxyl groups is 1. The van der Waals surface area contributed by atoms with E-state index in [-0.39, 0.29) is 16.8 Å². The molecule has 0 saturated carbocycles. The van der Waals surface area contributed by atoms with Gasteiger partial charge in [0.15, 0.2) is 0 Å². The van der Waals surface area contributed by atoms with Crippen LogP contribution in [0, 0.1) is 10.1 Å². The molecule has 0 aromatic heterocycles. The maximum Gasteiger partial charge on any atom is 0.295 e. The van der Waals surface area contributed by atoms with Gasteiger partial charge in [-0.25, -0.2) is 0 Å². The van der Waals surface area contributed by atoms with Crippen LogP contribution in [0.2, 0.25) is 0 Å². The van der Waals surface area contributed by atoms with Crippen LogP contribution >= 0.6 is 0 Å². The predicted octanol–water partition coefficient (Wildman–Crippen LogP) is 3.49. The first-order valence-corrected chi connectivity index (χ1v) is 9.56. The van der Waals surface area contributed by atoms with Crippen molar-refractivity contribution in [2.45, 2.75) is 19.4 Å². The van der Waals surface area contributed by atoms with Crippen LogP contribution in [-0.2, 0) is 9.59 Å². The SMILES string of the molecule is CCCN1C(=O)C(=O)/C(=C(\O)c2cccc([N+](=O)[O-])c2)C1c1ccc(N(C)C)cc1. The van der Waals surface area contributed by atoms with Crippen molar-refractivity contribution >= 4 is 28.8 Å². The maximum absolute atomic E-state index is 12.8. The lowest BCUT2D eigenvalue weighted by molar-refractivity contribution is -0.384. The molecule has 3 rings (SSSR count). The quantitative estimate of drug-likeness (QED) is 0.257. The van der Waals surface area contributed by atoms with Gasteiger partial charge in [0.2, 0.25) is 0 Å². The lowest BCUT2D eigenvalue weighted by atomic mass is 9.95. The Kier molecular flexibility index (Phi) is 5.86. The van der Waals surface area contributed by atoms with Gasteiger partial charge in [0.1, 0.15) is 5.76 Å². The Morgan fingerprint density at radius 2 is 1.83 bits per heavy atom. The van der Waals surface area contributed by atoms with Crippen LogP contribution in [0.4, 0.5) is 11.4 Å². The fourth-order valence-corrected chi connectivity index (χ4v) is 3.58. The summed E-state index contributed by atoms with van der Waals surface area (Å²) in [7, 11) is 3.81. The van der Waals surface area contributed by atoms with Crippen LogP contribution in [0.15, 0.2) is 54.1 Å². The van der Waals surface area contributed by atoms with Crippen LogP contribution in [0.1, 0.15) is 30.5 Å². The molecule has 1 saturated heterocycles. The lowest BCUT2D eigenvalue weighted by Gasteiger charge is -2.25. The Morgan fingerprint density at radius 1 is 1.17 bits per heavy atom. The van der Waals surface area contributed by atoms with Crippen LogP contribution in [0.25, 0.3) is 5.76 Å². The van der Waals surface area contributed by atoms with Gasteiger partial charge in [-0.15, -0.1) is 0 Å². The van der Waals surface area contributed by atoms with Gasteiger partial charge in [0.25, 0.3) is 17.4 Å². The molecule has 8 heteroatoms. The van der Waals surface area contributed by atoms with E-state index in [1.165, 1.54) is 29.2 Å². The number of anilines is 1. The Labute approximate surface area is 174 Å². The van der Waals surface area contributed by atoms with E-state index in [9.17, 15) is 24.8 Å². The third-order valence-electron chi connectivity index (χ3n) is 5.06. The highest BCUT2D eigenvalue weighted by molar-refractivity contribution is 6.46. The van der Waals surface area contributed by atoms with Crippen molar-refractivity contribution in [3.63, 3.8) is 0 Å². The predicted molar refractivity (Wildman–Crippen MR) is 113 cm³/mol. The summed E-state index contributed by atoms with van der Waals surface area (Å²) in [5, 5.41) is 22.0. The minimum absolute atomic E-state index is 0.0634. The smallest absolute Gasteiger partial charge is 0.295 e. The van der Waals surface area contributed by atoms with Crippen LogP contribution < -0.4 is 4.90 Å². The third kappa shape index (κ3) is 3.76. The molecule has 156 valence electrons. The van der Waals surface area contributed by atoms with E-state index in [1.807, 2.05) is 50.2 Å². The normalized spacial score (nSPS) is 18.0. The first kappa shape index (κ1) is 21.0. The summed E-state index contributed by atoms with van der Waals surface area (Å²) in [5.41, 5.74) is 1.47. The second kappa shape index (κ2) is 8.36. The Bertz CT molecular complexity index is 1030. The molecule has 1 unspecified atom stereocenters. The number of amides is 1. The highest BCUT2D eigenvalue weighted by Crippen LogP contribution is 2.40. The van der Waals surface area contributed by atoms with Gasteiger partial charge in [-0.3, -0.25) is 19.7 Å². The first-order valence-electron chi connectivity index (χ1n) is 9.56. The number of nitro benzene ring substituents is 1. The van der Waals surface area contributed by atoms with Crippen molar-refractivity contribution in [3.8, 4) is 0 Å². The molecule has 1 heterocycles. The van der Waals surface area contributed by atoms with Gasteiger partial charge in [0.05, 0.1) is 16.5 Å². The van der Waals surface area contributed by atoms with Crippen molar-refractivity contribution in [1.29, 1.82) is 0 Å². The van der Waals surface area contributed by atoms with Gasteiger partial charge in [-0.05, 0) is 24.1 Å². The molecule has 30 heavy (non-hydrogen) atoms. The zero-order valence-electron chi connectivity index (χ0n) is 17.0. The summed E-state index contributed by atoms with van der Waals surface area (Å²) >= 11 is 0. The number of carbonyl (C=O) groups excluding carboxylic acids is 2. The number of likely N-dealkylation sites (tertiary alicyclic amines) is 1. The Morgan fingerprint density at radius 3 is 2.40 bits per heavy atom. The van der Waals surface area contributed by atoms with Gasteiger partial charge in [0, 0.05) is 44.0 Å². The topological polar surface area (TPSA) is 104 Å². The third-order valence-corrected chi connectivity index (χ3v) is 5.06. The number of nitrogens with zero attached hydrogens (tertiary/aromatic N) is 3. The number of hydrogen-bond donors (Lipinski definition) is 1. The second-order valence-electron chi connectivity index (χ2n) is 7.29. The average molecular weight is 409 g/mol. The number of aliphatic hydroxyl groups excluding tert-OH is 1. The fourth-order valence-electron chi connectivity index (χ4n) is 3.58. The minimum atomic E-state index is -0.797. The van der Waals surface area contributed by atoms with E-state index in [0.29, 0.717) is 18.5 Å². The van der Waals surface area contributed by atoms with E-state index in [0.717, 1.165) is 5.69 Å². The van der Waals surface area contributed by atoms with Crippen LogP contribution in [0.3, 0.4) is 0 Å². The minimum Gasteiger partial charge on any atom is -0.507 e. The number of non-ortho nitro benzene ring substituents is 1. The van der Waals surface area contributed by atoms with E-state index in [4.69, 9.17) is 0 Å². The molecular weight excluding hydrogens is 386 g/mol. The van der Waals surface area contributed by atoms with Gasteiger partial charge in [-0.1, -0.05) is 31.2 Å². The number of benzene rings is 2. The molecular formula is C22H23N3O5. The van der Waals surface area contributed by atoms with Crippen molar-refractivity contribution in [2.24, 2.45) is 0 Å². The van der Waals surface area contributed by atoms with Gasteiger partial charge in [-0.2, -0.15) is 0 Å². The van der Waals surface area contributed by atoms with Gasteiger partial charge < -0.3 is 14.9 Å². The molecule has 1 aliphatic heterocycles. The molecule has 8 nitrogen and oxygen atoms in total. The molecule has 1 aliphatic rings. The summed E-state index contributed by atoms with van der Waals surface area (Å²) in [6.45, 7) is 2.24. The number of Topliss-reactive ketones (excluding diaryl/α,β-unsaturated/α-hetero) is 1. The molecule has 0 radical (unpaired) electrons. The molecule has 0 bridgehead atoms. The van der Waals surface area contributed by atoms with E-state index in [2.05, 4.69) is 0 Å². The monoisotopic (exact) mass is 409 g/mol. The van der Waals surface area contributed by atoms with Crippen LogP contribution in [-0.4, -0.2) is 47.3 Å². The first-order chi connectivity index (χ1) is 14.3. The zero-order chi connectivity index (χ0) is 22.0. The maximum atomic E-state index is 12.8. The molecule has 0 spiro atoms. The molecule has 0 aliphatic carbocycles.